The zero-order valence-electron chi connectivity index (χ0n) is 7.36. The number of aliphatic carboxylic acids is 1. The SMILES string of the molecule is CC(CN)C(=O)N[C@@H](CO)C(=O)O. The molecule has 0 aliphatic heterocycles. The van der Waals surface area contributed by atoms with Crippen LogP contribution in [0.2, 0.25) is 0 Å². The van der Waals surface area contributed by atoms with Crippen molar-refractivity contribution < 1.29 is 19.8 Å². The van der Waals surface area contributed by atoms with E-state index >= 15 is 0 Å². The highest BCUT2D eigenvalue weighted by Gasteiger charge is 2.20. The smallest absolute Gasteiger partial charge is 0.328 e. The van der Waals surface area contributed by atoms with Crippen molar-refractivity contribution in [1.29, 1.82) is 0 Å². The van der Waals surface area contributed by atoms with Gasteiger partial charge < -0.3 is 21.3 Å². The van der Waals surface area contributed by atoms with E-state index in [2.05, 4.69) is 5.32 Å². The molecule has 13 heavy (non-hydrogen) atoms. The first-order valence-corrected chi connectivity index (χ1v) is 3.87. The number of amides is 1. The lowest BCUT2D eigenvalue weighted by molar-refractivity contribution is -0.143. The first kappa shape index (κ1) is 11.9. The second-order valence-electron chi connectivity index (χ2n) is 2.72. The van der Waals surface area contributed by atoms with Gasteiger partial charge in [0.1, 0.15) is 6.04 Å². The van der Waals surface area contributed by atoms with E-state index in [-0.39, 0.29) is 6.54 Å². The number of carboxylic acid groups (broad SMARTS) is 1. The Kier molecular flexibility index (Phi) is 5.01. The Labute approximate surface area is 75.7 Å². The molecule has 0 aromatic heterocycles. The molecule has 0 rings (SSSR count). The molecule has 0 bridgehead atoms. The van der Waals surface area contributed by atoms with Crippen molar-refractivity contribution >= 4 is 11.9 Å². The lowest BCUT2D eigenvalue weighted by Gasteiger charge is -2.14. The lowest BCUT2D eigenvalue weighted by atomic mass is 10.1. The molecule has 5 N–H and O–H groups in total. The van der Waals surface area contributed by atoms with Crippen molar-refractivity contribution in [1.82, 2.24) is 5.32 Å². The van der Waals surface area contributed by atoms with Crippen LogP contribution in [0.25, 0.3) is 0 Å². The molecule has 0 radical (unpaired) electrons. The largest absolute Gasteiger partial charge is 0.480 e. The summed E-state index contributed by atoms with van der Waals surface area (Å²) in [6, 6.07) is -1.25. The third-order valence-electron chi connectivity index (χ3n) is 1.60. The maximum atomic E-state index is 11.1. The van der Waals surface area contributed by atoms with Gasteiger partial charge in [-0.3, -0.25) is 4.79 Å². The van der Waals surface area contributed by atoms with E-state index in [1.165, 1.54) is 0 Å². The molecule has 0 saturated heterocycles. The molecule has 0 aliphatic rings. The normalized spacial score (nSPS) is 14.7. The van der Waals surface area contributed by atoms with Crippen LogP contribution in [-0.2, 0) is 9.59 Å². The molecular formula is C7H14N2O4. The summed E-state index contributed by atoms with van der Waals surface area (Å²) in [6.45, 7) is 1.09. The van der Waals surface area contributed by atoms with Crippen LogP contribution in [0, 0.1) is 5.92 Å². The summed E-state index contributed by atoms with van der Waals surface area (Å²) in [5.41, 5.74) is 5.20. The topological polar surface area (TPSA) is 113 Å². The minimum absolute atomic E-state index is 0.142. The third-order valence-corrected chi connectivity index (χ3v) is 1.60. The van der Waals surface area contributed by atoms with E-state index in [1.807, 2.05) is 0 Å². The van der Waals surface area contributed by atoms with Crippen molar-refractivity contribution in [3.63, 3.8) is 0 Å². The second-order valence-corrected chi connectivity index (χ2v) is 2.72. The molecule has 1 amide bonds. The maximum Gasteiger partial charge on any atom is 0.328 e. The monoisotopic (exact) mass is 190 g/mol. The minimum atomic E-state index is -1.26. The molecule has 76 valence electrons. The van der Waals surface area contributed by atoms with E-state index in [0.717, 1.165) is 0 Å². The van der Waals surface area contributed by atoms with Gasteiger partial charge in [0.25, 0.3) is 0 Å². The van der Waals surface area contributed by atoms with Gasteiger partial charge in [0.05, 0.1) is 6.61 Å². The first-order chi connectivity index (χ1) is 6.02. The molecule has 0 spiro atoms. The van der Waals surface area contributed by atoms with E-state index in [0.29, 0.717) is 0 Å². The Morgan fingerprint density at radius 3 is 2.38 bits per heavy atom. The Bertz CT molecular complexity index is 195. The number of nitrogens with two attached hydrogens (primary N) is 1. The molecule has 1 unspecified atom stereocenters. The van der Waals surface area contributed by atoms with E-state index in [4.69, 9.17) is 15.9 Å². The molecule has 0 aromatic rings. The Morgan fingerprint density at radius 1 is 1.54 bits per heavy atom. The van der Waals surface area contributed by atoms with Gasteiger partial charge in [0.2, 0.25) is 5.91 Å². The molecule has 0 fully saturated rings. The second kappa shape index (κ2) is 5.50. The highest BCUT2D eigenvalue weighted by atomic mass is 16.4. The standard InChI is InChI=1S/C7H14N2O4/c1-4(2-8)6(11)9-5(3-10)7(12)13/h4-5,10H,2-3,8H2,1H3,(H,9,11)(H,12,13)/t4?,5-/m0/s1. The summed E-state index contributed by atoms with van der Waals surface area (Å²) in [7, 11) is 0. The van der Waals surface area contributed by atoms with Crippen molar-refractivity contribution in [3.8, 4) is 0 Å². The number of aliphatic hydroxyl groups excluding tert-OH is 1. The highest BCUT2D eigenvalue weighted by molar-refractivity contribution is 5.84. The molecule has 0 aromatic carbocycles. The maximum absolute atomic E-state index is 11.1. The van der Waals surface area contributed by atoms with Gasteiger partial charge >= 0.3 is 5.97 Å². The number of rotatable bonds is 5. The van der Waals surface area contributed by atoms with Gasteiger partial charge in [-0.2, -0.15) is 0 Å². The van der Waals surface area contributed by atoms with Crippen LogP contribution < -0.4 is 11.1 Å². The van der Waals surface area contributed by atoms with Crippen LogP contribution in [-0.4, -0.2) is 41.3 Å². The Hall–Kier alpha value is -1.14. The number of carbonyl (C=O) groups excluding carboxylic acids is 1. The quantitative estimate of drug-likeness (QED) is 0.406. The fourth-order valence-electron chi connectivity index (χ4n) is 0.606. The summed E-state index contributed by atoms with van der Waals surface area (Å²) in [5.74, 6) is -2.18. The fraction of sp³-hybridized carbons (Fsp3) is 0.714. The highest BCUT2D eigenvalue weighted by Crippen LogP contribution is 1.92. The molecule has 2 atom stereocenters. The van der Waals surface area contributed by atoms with Crippen molar-refractivity contribution in [2.75, 3.05) is 13.2 Å². The van der Waals surface area contributed by atoms with E-state index in [1.54, 1.807) is 6.92 Å². The summed E-state index contributed by atoms with van der Waals surface area (Å²) >= 11 is 0. The summed E-state index contributed by atoms with van der Waals surface area (Å²) in [6.07, 6.45) is 0. The summed E-state index contributed by atoms with van der Waals surface area (Å²) in [5, 5.41) is 19.2. The Morgan fingerprint density at radius 2 is 2.08 bits per heavy atom. The lowest BCUT2D eigenvalue weighted by Crippen LogP contribution is -2.46. The van der Waals surface area contributed by atoms with Gasteiger partial charge in [0, 0.05) is 12.5 Å². The van der Waals surface area contributed by atoms with Gasteiger partial charge in [-0.25, -0.2) is 4.79 Å². The fourth-order valence-corrected chi connectivity index (χ4v) is 0.606. The van der Waals surface area contributed by atoms with Crippen molar-refractivity contribution in [2.24, 2.45) is 11.7 Å². The van der Waals surface area contributed by atoms with Crippen LogP contribution in [0.3, 0.4) is 0 Å². The molecule has 6 heteroatoms. The summed E-state index contributed by atoms with van der Waals surface area (Å²) < 4.78 is 0. The van der Waals surface area contributed by atoms with E-state index in [9.17, 15) is 9.59 Å². The number of carboxylic acids is 1. The number of hydrogen-bond donors (Lipinski definition) is 4. The average Bonchev–Trinajstić information content (AvgIpc) is 2.11. The van der Waals surface area contributed by atoms with Crippen molar-refractivity contribution in [3.05, 3.63) is 0 Å². The zero-order valence-corrected chi connectivity index (χ0v) is 7.36. The van der Waals surface area contributed by atoms with Gasteiger partial charge in [-0.15, -0.1) is 0 Å². The molecular weight excluding hydrogens is 176 g/mol. The molecule has 6 nitrogen and oxygen atoms in total. The van der Waals surface area contributed by atoms with Crippen LogP contribution in [0.1, 0.15) is 6.92 Å². The van der Waals surface area contributed by atoms with Crippen LogP contribution in [0.4, 0.5) is 0 Å². The van der Waals surface area contributed by atoms with Crippen LogP contribution in [0.5, 0.6) is 0 Å². The van der Waals surface area contributed by atoms with Crippen molar-refractivity contribution in [2.45, 2.75) is 13.0 Å². The minimum Gasteiger partial charge on any atom is -0.480 e. The number of nitrogens with one attached hydrogen (secondary N) is 1. The zero-order chi connectivity index (χ0) is 10.4. The Balaban J connectivity index is 4.09. The average molecular weight is 190 g/mol. The van der Waals surface area contributed by atoms with Gasteiger partial charge in [-0.05, 0) is 0 Å². The molecule has 0 aliphatic carbocycles. The predicted octanol–water partition coefficient (Wildman–Crippen LogP) is -1.86. The van der Waals surface area contributed by atoms with Crippen LogP contribution in [0.15, 0.2) is 0 Å². The van der Waals surface area contributed by atoms with Crippen LogP contribution >= 0.6 is 0 Å². The summed E-state index contributed by atoms with van der Waals surface area (Å²) in [4.78, 5) is 21.5. The first-order valence-electron chi connectivity index (χ1n) is 3.87. The molecule has 0 heterocycles. The van der Waals surface area contributed by atoms with E-state index < -0.39 is 30.4 Å². The number of aliphatic hydroxyl groups is 1. The number of hydrogen-bond acceptors (Lipinski definition) is 4. The van der Waals surface area contributed by atoms with Gasteiger partial charge in [0.15, 0.2) is 0 Å². The number of carbonyl (C=O) groups is 2. The van der Waals surface area contributed by atoms with Gasteiger partial charge in [-0.1, -0.05) is 6.92 Å². The molecule has 0 saturated carbocycles. The third kappa shape index (κ3) is 3.86. The predicted molar refractivity (Wildman–Crippen MR) is 44.9 cm³/mol.